The van der Waals surface area contributed by atoms with E-state index in [1.807, 2.05) is 0 Å². The average Bonchev–Trinajstić information content (AvgIpc) is 2.75. The lowest BCUT2D eigenvalue weighted by atomic mass is 10.3. The van der Waals surface area contributed by atoms with E-state index in [2.05, 4.69) is 110 Å². The number of benzene rings is 3. The van der Waals surface area contributed by atoms with E-state index < -0.39 is 15.1 Å². The molecule has 0 unspecified atom stereocenters. The largest absolute Gasteiger partial charge is 0.466 e. The van der Waals surface area contributed by atoms with Gasteiger partial charge in [0, 0.05) is 0 Å². The van der Waals surface area contributed by atoms with Crippen LogP contribution in [0.25, 0.3) is 0 Å². The topological polar surface area (TPSA) is 81.0 Å². The molecule has 3 rings (SSSR count). The standard InChI is InChI=1S/C24H29NP.H3O4P/c1-25(2)20-12-13-21-26(22-14-6-3-7-15-22,23-16-8-4-9-17-23)24-18-10-5-11-19-24;1-5(2,3)4/h3-11,14-19H,12-13,20-21H2,1-2H3;(H3,1,2,3,4)/q+1;. The van der Waals surface area contributed by atoms with Crippen LogP contribution in [-0.2, 0) is 4.57 Å². The van der Waals surface area contributed by atoms with Gasteiger partial charge in [-0.2, -0.15) is 0 Å². The van der Waals surface area contributed by atoms with Crippen molar-refractivity contribution in [2.24, 2.45) is 0 Å². The molecule has 0 saturated carbocycles. The molecule has 0 atom stereocenters. The number of hydrogen-bond donors (Lipinski definition) is 3. The highest BCUT2D eigenvalue weighted by Gasteiger charge is 2.44. The van der Waals surface area contributed by atoms with Crippen molar-refractivity contribution in [3.8, 4) is 0 Å². The third kappa shape index (κ3) is 8.31. The maximum absolute atomic E-state index is 8.88. The second-order valence-corrected chi connectivity index (χ2v) is 12.2. The molecular weight excluding hydrogens is 428 g/mol. The van der Waals surface area contributed by atoms with Crippen LogP contribution in [0.5, 0.6) is 0 Å². The Labute approximate surface area is 186 Å². The molecule has 0 aliphatic rings. The van der Waals surface area contributed by atoms with Crippen molar-refractivity contribution in [2.75, 3.05) is 26.8 Å². The highest BCUT2D eigenvalue weighted by Crippen LogP contribution is 2.55. The third-order valence-electron chi connectivity index (χ3n) is 4.94. The molecule has 7 heteroatoms. The molecule has 0 saturated heterocycles. The molecule has 0 aliphatic heterocycles. The van der Waals surface area contributed by atoms with E-state index in [-0.39, 0.29) is 0 Å². The van der Waals surface area contributed by atoms with Crippen LogP contribution in [-0.4, -0.2) is 46.4 Å². The number of hydrogen-bond acceptors (Lipinski definition) is 2. The Kier molecular flexibility index (Phi) is 10.1. The Bertz CT molecular complexity index is 827. The fourth-order valence-electron chi connectivity index (χ4n) is 3.66. The van der Waals surface area contributed by atoms with Crippen molar-refractivity contribution < 1.29 is 19.2 Å². The van der Waals surface area contributed by atoms with E-state index in [9.17, 15) is 0 Å². The minimum Gasteiger partial charge on any atom is -0.309 e. The second-order valence-electron chi connectivity index (χ2n) is 7.56. The van der Waals surface area contributed by atoms with Crippen LogP contribution < -0.4 is 15.9 Å². The fraction of sp³-hybridized carbons (Fsp3) is 0.250. The summed E-state index contributed by atoms with van der Waals surface area (Å²) in [6.07, 6.45) is 3.70. The molecule has 0 aromatic heterocycles. The highest BCUT2D eigenvalue weighted by molar-refractivity contribution is 7.95. The zero-order valence-electron chi connectivity index (χ0n) is 18.1. The van der Waals surface area contributed by atoms with Gasteiger partial charge in [-0.25, -0.2) is 4.57 Å². The van der Waals surface area contributed by atoms with E-state index >= 15 is 0 Å². The molecule has 0 fully saturated rings. The van der Waals surface area contributed by atoms with Gasteiger partial charge in [0.2, 0.25) is 0 Å². The van der Waals surface area contributed by atoms with Gasteiger partial charge in [-0.3, -0.25) is 0 Å². The molecular formula is C24H32NO4P2+. The summed E-state index contributed by atoms with van der Waals surface area (Å²) in [5.41, 5.74) is 0. The molecule has 0 radical (unpaired) electrons. The Morgan fingerprint density at radius 1 is 0.677 bits per heavy atom. The lowest BCUT2D eigenvalue weighted by Gasteiger charge is -2.28. The van der Waals surface area contributed by atoms with E-state index in [1.165, 1.54) is 34.9 Å². The van der Waals surface area contributed by atoms with Crippen molar-refractivity contribution in [2.45, 2.75) is 12.8 Å². The normalized spacial score (nSPS) is 11.7. The van der Waals surface area contributed by atoms with Gasteiger partial charge in [0.25, 0.3) is 0 Å². The first-order chi connectivity index (χ1) is 14.7. The molecule has 3 aromatic carbocycles. The summed E-state index contributed by atoms with van der Waals surface area (Å²) < 4.78 is 8.88. The maximum Gasteiger partial charge on any atom is 0.466 e. The predicted molar refractivity (Wildman–Crippen MR) is 132 cm³/mol. The molecule has 3 aromatic rings. The average molecular weight is 460 g/mol. The summed E-state index contributed by atoms with van der Waals surface area (Å²) in [7, 11) is -1.95. The number of phosphoric acid groups is 1. The van der Waals surface area contributed by atoms with Crippen LogP contribution in [0.1, 0.15) is 12.8 Å². The second kappa shape index (κ2) is 12.3. The Morgan fingerprint density at radius 2 is 1.00 bits per heavy atom. The zero-order chi connectivity index (χ0) is 22.7. The summed E-state index contributed by atoms with van der Waals surface area (Å²) in [5, 5.41) is 4.46. The summed E-state index contributed by atoms with van der Waals surface area (Å²) in [6, 6.07) is 33.5. The first-order valence-electron chi connectivity index (χ1n) is 10.2. The maximum atomic E-state index is 8.88. The number of nitrogens with zero attached hydrogens (tertiary/aromatic N) is 1. The molecule has 5 nitrogen and oxygen atoms in total. The quantitative estimate of drug-likeness (QED) is 0.355. The molecule has 31 heavy (non-hydrogen) atoms. The third-order valence-corrected chi connectivity index (χ3v) is 9.47. The minimum absolute atomic E-state index is 1.15. The minimum atomic E-state index is -4.64. The van der Waals surface area contributed by atoms with Crippen LogP contribution >= 0.6 is 15.1 Å². The van der Waals surface area contributed by atoms with Gasteiger partial charge < -0.3 is 19.6 Å². The van der Waals surface area contributed by atoms with Crippen molar-refractivity contribution in [1.82, 2.24) is 4.90 Å². The van der Waals surface area contributed by atoms with Gasteiger partial charge in [0.1, 0.15) is 23.2 Å². The van der Waals surface area contributed by atoms with Gasteiger partial charge in [0.05, 0.1) is 6.16 Å². The van der Waals surface area contributed by atoms with Crippen molar-refractivity contribution in [3.05, 3.63) is 91.0 Å². The molecule has 0 bridgehead atoms. The molecule has 166 valence electrons. The van der Waals surface area contributed by atoms with E-state index in [0.717, 1.165) is 6.54 Å². The van der Waals surface area contributed by atoms with E-state index in [4.69, 9.17) is 19.2 Å². The Hall–Kier alpha value is -1.84. The van der Waals surface area contributed by atoms with E-state index in [1.54, 1.807) is 0 Å². The molecule has 0 heterocycles. The summed E-state index contributed by atoms with van der Waals surface area (Å²) in [5.74, 6) is 0. The molecule has 3 N–H and O–H groups in total. The van der Waals surface area contributed by atoms with Crippen molar-refractivity contribution in [1.29, 1.82) is 0 Å². The first kappa shape index (κ1) is 25.4. The van der Waals surface area contributed by atoms with Gasteiger partial charge in [-0.15, -0.1) is 0 Å². The lowest BCUT2D eigenvalue weighted by molar-refractivity contribution is 0.275. The Morgan fingerprint density at radius 3 is 1.29 bits per heavy atom. The highest BCUT2D eigenvalue weighted by atomic mass is 31.2. The van der Waals surface area contributed by atoms with Crippen LogP contribution in [0.2, 0.25) is 0 Å². The molecule has 0 amide bonds. The molecule has 0 spiro atoms. The van der Waals surface area contributed by atoms with Gasteiger partial charge >= 0.3 is 7.82 Å². The van der Waals surface area contributed by atoms with Crippen LogP contribution in [0.4, 0.5) is 0 Å². The molecule has 0 aliphatic carbocycles. The zero-order valence-corrected chi connectivity index (χ0v) is 19.9. The fourth-order valence-corrected chi connectivity index (χ4v) is 8.07. The van der Waals surface area contributed by atoms with Crippen LogP contribution in [0, 0.1) is 0 Å². The van der Waals surface area contributed by atoms with Gasteiger partial charge in [0.15, 0.2) is 0 Å². The van der Waals surface area contributed by atoms with Crippen LogP contribution in [0.3, 0.4) is 0 Å². The summed E-state index contributed by atoms with van der Waals surface area (Å²) in [6.45, 7) is 1.15. The monoisotopic (exact) mass is 460 g/mol. The number of unbranched alkanes of at least 4 members (excludes halogenated alkanes) is 1. The SMILES string of the molecule is CN(C)CCCC[P+](c1ccccc1)(c1ccccc1)c1ccccc1.O=P(O)(O)O. The van der Waals surface area contributed by atoms with Crippen molar-refractivity contribution >= 4 is 31.0 Å². The smallest absolute Gasteiger partial charge is 0.309 e. The summed E-state index contributed by atoms with van der Waals surface area (Å²) in [4.78, 5) is 23.8. The van der Waals surface area contributed by atoms with Gasteiger partial charge in [-0.05, 0) is 69.9 Å². The van der Waals surface area contributed by atoms with E-state index in [0.29, 0.717) is 0 Å². The number of rotatable bonds is 8. The lowest BCUT2D eigenvalue weighted by Crippen LogP contribution is -2.33. The predicted octanol–water partition coefficient (Wildman–Crippen LogP) is 3.39. The summed E-state index contributed by atoms with van der Waals surface area (Å²) >= 11 is 0. The van der Waals surface area contributed by atoms with Crippen molar-refractivity contribution in [3.63, 3.8) is 0 Å². The first-order valence-corrected chi connectivity index (χ1v) is 13.8. The van der Waals surface area contributed by atoms with Crippen LogP contribution in [0.15, 0.2) is 91.0 Å². The Balaban J connectivity index is 0.000000614. The van der Waals surface area contributed by atoms with Gasteiger partial charge in [-0.1, -0.05) is 54.6 Å².